The van der Waals surface area contributed by atoms with E-state index in [1.165, 1.54) is 11.0 Å². The Morgan fingerprint density at radius 2 is 1.95 bits per heavy atom. The van der Waals surface area contributed by atoms with Gasteiger partial charge < -0.3 is 25.5 Å². The molecule has 0 aliphatic carbocycles. The number of carbonyl (C=O) groups is 1. The highest BCUT2D eigenvalue weighted by atomic mass is 16.3. The molecule has 0 unspecified atom stereocenters. The normalized spacial score (nSPS) is 12.4. The fourth-order valence-electron chi connectivity index (χ4n) is 3.32. The van der Waals surface area contributed by atoms with Crippen molar-refractivity contribution in [3.8, 4) is 17.9 Å². The highest BCUT2D eigenvalue weighted by Crippen LogP contribution is 2.18. The Kier molecular flexibility index (Phi) is 13.5. The summed E-state index contributed by atoms with van der Waals surface area (Å²) in [5.74, 6) is 7.25. The molecule has 0 fully saturated rings. The summed E-state index contributed by atoms with van der Waals surface area (Å²) in [6.45, 7) is 5.87. The first-order valence-electron chi connectivity index (χ1n) is 13.1. The second-order valence-electron chi connectivity index (χ2n) is 9.36. The lowest BCUT2D eigenvalue weighted by Crippen LogP contribution is -2.49. The predicted octanol–water partition coefficient (Wildman–Crippen LogP) is 2.92. The number of aromatic nitrogens is 2. The van der Waals surface area contributed by atoms with E-state index in [2.05, 4.69) is 50.8 Å². The van der Waals surface area contributed by atoms with Crippen molar-refractivity contribution < 1.29 is 9.90 Å². The smallest absolute Gasteiger partial charge is 0.246 e. The third kappa shape index (κ3) is 11.1. The van der Waals surface area contributed by atoms with Crippen LogP contribution in [0, 0.1) is 23.2 Å². The number of aliphatic hydroxyl groups is 1. The molecule has 10 heteroatoms. The zero-order valence-electron chi connectivity index (χ0n) is 23.5. The molecular formula is C29H40N8O2. The zero-order chi connectivity index (χ0) is 28.6. The number of hydrogen-bond acceptors (Lipinski definition) is 9. The number of rotatable bonds is 14. The molecule has 0 aliphatic rings. The van der Waals surface area contributed by atoms with E-state index in [0.29, 0.717) is 42.4 Å². The van der Waals surface area contributed by atoms with Crippen molar-refractivity contribution in [2.45, 2.75) is 45.4 Å². The van der Waals surface area contributed by atoms with Crippen LogP contribution in [0.1, 0.15) is 44.2 Å². The van der Waals surface area contributed by atoms with Gasteiger partial charge in [0.25, 0.3) is 0 Å². The van der Waals surface area contributed by atoms with E-state index in [1.54, 1.807) is 50.5 Å². The number of aliphatic hydroxyl groups excluding tert-OH is 1. The van der Waals surface area contributed by atoms with E-state index < -0.39 is 6.23 Å². The quantitative estimate of drug-likeness (QED) is 0.126. The van der Waals surface area contributed by atoms with Crippen molar-refractivity contribution in [1.29, 1.82) is 5.26 Å². The van der Waals surface area contributed by atoms with E-state index in [0.717, 1.165) is 25.1 Å². The molecule has 0 aliphatic heterocycles. The lowest BCUT2D eigenvalue weighted by molar-refractivity contribution is -0.129. The van der Waals surface area contributed by atoms with Crippen molar-refractivity contribution in [3.63, 3.8) is 0 Å². The molecule has 2 aromatic rings. The first kappa shape index (κ1) is 31.3. The van der Waals surface area contributed by atoms with Gasteiger partial charge in [-0.1, -0.05) is 24.8 Å². The van der Waals surface area contributed by atoms with Crippen LogP contribution in [-0.4, -0.2) is 83.8 Å². The number of nitrogens with one attached hydrogen (secondary N) is 3. The summed E-state index contributed by atoms with van der Waals surface area (Å²) < 4.78 is 0. The highest BCUT2D eigenvalue weighted by Gasteiger charge is 2.20. The highest BCUT2D eigenvalue weighted by molar-refractivity contribution is 5.87. The lowest BCUT2D eigenvalue weighted by atomic mass is 10.2. The van der Waals surface area contributed by atoms with Crippen LogP contribution in [-0.2, 0) is 4.79 Å². The molecule has 10 nitrogen and oxygen atoms in total. The molecule has 4 N–H and O–H groups in total. The lowest BCUT2D eigenvalue weighted by Gasteiger charge is -2.28. The topological polar surface area (TPSA) is 129 Å². The molecular weight excluding hydrogens is 492 g/mol. The first-order valence-corrected chi connectivity index (χ1v) is 13.1. The third-order valence-electron chi connectivity index (χ3n) is 5.80. The number of carbonyl (C=O) groups excluding carboxylic acids is 1. The van der Waals surface area contributed by atoms with Gasteiger partial charge in [0.15, 0.2) is 0 Å². The number of likely N-dealkylation sites (N-methyl/N-ethyl adjacent to an activating group) is 2. The SMILES string of the molecule is CCCNc1nc(Nc2ccc(C#N)cc2)ncc1C#CCCCN[C@@H](O)[C@H](C)N(C)C(=O)/C=C/CN(C)C. The van der Waals surface area contributed by atoms with Crippen LogP contribution >= 0.6 is 0 Å². The van der Waals surface area contributed by atoms with E-state index in [1.807, 2.05) is 19.0 Å². The summed E-state index contributed by atoms with van der Waals surface area (Å²) in [7, 11) is 5.55. The number of unbranched alkanes of at least 4 members (excludes halogenated alkanes) is 1. The molecule has 1 aromatic carbocycles. The standard InChI is InChI=1S/C29H40N8O2/c1-6-17-31-27-24(21-33-29(35-27)34-25-15-13-23(20-30)14-16-25)11-8-7-9-18-32-28(39)22(2)37(5)26(38)12-10-19-36(3)4/h10,12-16,21-22,28,32,39H,6-7,9,17-19H2,1-5H3,(H2,31,33,34,35)/b12-10+/t22-,28-/m0/s1. The molecule has 0 radical (unpaired) electrons. The van der Waals surface area contributed by atoms with E-state index in [9.17, 15) is 9.90 Å². The molecule has 39 heavy (non-hydrogen) atoms. The van der Waals surface area contributed by atoms with Crippen LogP contribution in [0.15, 0.2) is 42.6 Å². The summed E-state index contributed by atoms with van der Waals surface area (Å²) >= 11 is 0. The molecule has 2 atom stereocenters. The van der Waals surface area contributed by atoms with Crippen molar-refractivity contribution in [3.05, 3.63) is 53.7 Å². The van der Waals surface area contributed by atoms with Crippen LogP contribution in [0.25, 0.3) is 0 Å². The maximum absolute atomic E-state index is 12.3. The number of nitrogens with zero attached hydrogens (tertiary/aromatic N) is 5. The van der Waals surface area contributed by atoms with Crippen LogP contribution in [0.4, 0.5) is 17.5 Å². The molecule has 0 bridgehead atoms. The van der Waals surface area contributed by atoms with Crippen molar-refractivity contribution in [2.24, 2.45) is 0 Å². The Labute approximate surface area is 232 Å². The second kappa shape index (κ2) is 16.8. The van der Waals surface area contributed by atoms with Gasteiger partial charge in [-0.25, -0.2) is 4.98 Å². The van der Waals surface area contributed by atoms with Gasteiger partial charge in [-0.3, -0.25) is 10.1 Å². The minimum atomic E-state index is -0.844. The van der Waals surface area contributed by atoms with Crippen LogP contribution in [0.2, 0.25) is 0 Å². The summed E-state index contributed by atoms with van der Waals surface area (Å²) in [6.07, 6.45) is 6.47. The molecule has 1 amide bonds. The summed E-state index contributed by atoms with van der Waals surface area (Å²) in [4.78, 5) is 24.7. The summed E-state index contributed by atoms with van der Waals surface area (Å²) in [5.41, 5.74) is 2.08. The number of nitriles is 1. The Morgan fingerprint density at radius 3 is 2.62 bits per heavy atom. The second-order valence-corrected chi connectivity index (χ2v) is 9.36. The number of benzene rings is 1. The molecule has 0 saturated carbocycles. The number of anilines is 3. The van der Waals surface area contributed by atoms with E-state index in [4.69, 9.17) is 5.26 Å². The van der Waals surface area contributed by atoms with Gasteiger partial charge in [0.2, 0.25) is 11.9 Å². The van der Waals surface area contributed by atoms with Gasteiger partial charge in [-0.15, -0.1) is 0 Å². The molecule has 208 valence electrons. The molecule has 1 aromatic heterocycles. The molecule has 0 saturated heterocycles. The Balaban J connectivity index is 1.88. The van der Waals surface area contributed by atoms with Crippen LogP contribution in [0.3, 0.4) is 0 Å². The zero-order valence-corrected chi connectivity index (χ0v) is 23.5. The third-order valence-corrected chi connectivity index (χ3v) is 5.80. The minimum absolute atomic E-state index is 0.149. The fourth-order valence-corrected chi connectivity index (χ4v) is 3.32. The molecule has 1 heterocycles. The predicted molar refractivity (Wildman–Crippen MR) is 155 cm³/mol. The summed E-state index contributed by atoms with van der Waals surface area (Å²) in [6, 6.07) is 8.79. The first-order chi connectivity index (χ1) is 18.7. The average Bonchev–Trinajstić information content (AvgIpc) is 2.93. The maximum atomic E-state index is 12.3. The van der Waals surface area contributed by atoms with Crippen LogP contribution in [0.5, 0.6) is 0 Å². The van der Waals surface area contributed by atoms with Crippen LogP contribution < -0.4 is 16.0 Å². The Bertz CT molecular complexity index is 1180. The molecule has 0 spiro atoms. The monoisotopic (exact) mass is 532 g/mol. The van der Waals surface area contributed by atoms with Crippen molar-refractivity contribution >= 4 is 23.4 Å². The van der Waals surface area contributed by atoms with Gasteiger partial charge in [-0.05, 0) is 64.7 Å². The Hall–Kier alpha value is -3.96. The fraction of sp³-hybridized carbons (Fsp3) is 0.448. The maximum Gasteiger partial charge on any atom is 0.246 e. The largest absolute Gasteiger partial charge is 0.376 e. The average molecular weight is 533 g/mol. The van der Waals surface area contributed by atoms with Gasteiger partial charge in [0.05, 0.1) is 29.4 Å². The number of hydrogen-bond donors (Lipinski definition) is 4. The van der Waals surface area contributed by atoms with Crippen molar-refractivity contribution in [1.82, 2.24) is 25.1 Å². The Morgan fingerprint density at radius 1 is 1.21 bits per heavy atom. The number of amides is 1. The van der Waals surface area contributed by atoms with E-state index in [-0.39, 0.29) is 11.9 Å². The summed E-state index contributed by atoms with van der Waals surface area (Å²) in [5, 5.41) is 28.9. The van der Waals surface area contributed by atoms with Gasteiger partial charge >= 0.3 is 0 Å². The van der Waals surface area contributed by atoms with Gasteiger partial charge in [0.1, 0.15) is 12.0 Å². The van der Waals surface area contributed by atoms with E-state index >= 15 is 0 Å². The van der Waals surface area contributed by atoms with Gasteiger partial charge in [0, 0.05) is 38.3 Å². The minimum Gasteiger partial charge on any atom is -0.376 e. The van der Waals surface area contributed by atoms with Crippen molar-refractivity contribution in [2.75, 3.05) is 51.4 Å². The van der Waals surface area contributed by atoms with Gasteiger partial charge in [-0.2, -0.15) is 10.2 Å². The molecule has 2 rings (SSSR count).